The van der Waals surface area contributed by atoms with Crippen LogP contribution in [-0.2, 0) is 11.2 Å². The van der Waals surface area contributed by atoms with Gasteiger partial charge in [-0.3, -0.25) is 9.59 Å². The Morgan fingerprint density at radius 1 is 1.30 bits per heavy atom. The highest BCUT2D eigenvalue weighted by atomic mass is 32.2. The van der Waals surface area contributed by atoms with Crippen molar-refractivity contribution in [2.45, 2.75) is 71.0 Å². The first-order chi connectivity index (χ1) is 10.8. The van der Waals surface area contributed by atoms with E-state index >= 15 is 0 Å². The molecule has 0 saturated heterocycles. The van der Waals surface area contributed by atoms with Crippen LogP contribution in [0.4, 0.5) is 0 Å². The van der Waals surface area contributed by atoms with Crippen LogP contribution in [0.5, 0.6) is 0 Å². The maximum Gasteiger partial charge on any atom is 0.254 e. The van der Waals surface area contributed by atoms with Gasteiger partial charge in [0.15, 0.2) is 5.16 Å². The minimum Gasteiger partial charge on any atom is -0.354 e. The number of nitrogens with one attached hydrogen (secondary N) is 2. The first-order valence-corrected chi connectivity index (χ1v) is 9.49. The number of carbonyl (C=O) groups excluding carboxylic acids is 1. The lowest BCUT2D eigenvalue weighted by molar-refractivity contribution is -0.121. The molecular weight excluding hydrogens is 310 g/mol. The van der Waals surface area contributed by atoms with Crippen molar-refractivity contribution in [3.05, 3.63) is 21.6 Å². The van der Waals surface area contributed by atoms with E-state index in [2.05, 4.69) is 29.1 Å². The van der Waals surface area contributed by atoms with Gasteiger partial charge in [-0.25, -0.2) is 4.98 Å². The fourth-order valence-electron chi connectivity index (χ4n) is 2.47. The predicted octanol–water partition coefficient (Wildman–Crippen LogP) is 3.06. The molecule has 130 valence electrons. The lowest BCUT2D eigenvalue weighted by atomic mass is 10.0. The largest absolute Gasteiger partial charge is 0.354 e. The smallest absolute Gasteiger partial charge is 0.254 e. The molecule has 1 heterocycles. The van der Waals surface area contributed by atoms with Crippen molar-refractivity contribution in [2.24, 2.45) is 5.92 Å². The molecule has 0 bridgehead atoms. The Morgan fingerprint density at radius 3 is 2.57 bits per heavy atom. The average molecular weight is 340 g/mol. The zero-order valence-electron chi connectivity index (χ0n) is 14.9. The van der Waals surface area contributed by atoms with Gasteiger partial charge in [0.2, 0.25) is 5.91 Å². The third-order valence-corrected chi connectivity index (χ3v) is 4.40. The van der Waals surface area contributed by atoms with Crippen LogP contribution in [-0.4, -0.2) is 28.2 Å². The van der Waals surface area contributed by atoms with Gasteiger partial charge in [0.1, 0.15) is 0 Å². The highest BCUT2D eigenvalue weighted by Crippen LogP contribution is 2.10. The van der Waals surface area contributed by atoms with Crippen molar-refractivity contribution < 1.29 is 4.79 Å². The molecule has 23 heavy (non-hydrogen) atoms. The molecule has 0 aliphatic heterocycles. The normalized spacial score (nSPS) is 12.4. The number of hydrogen-bond acceptors (Lipinski definition) is 4. The van der Waals surface area contributed by atoms with E-state index in [0.717, 1.165) is 12.8 Å². The van der Waals surface area contributed by atoms with Gasteiger partial charge in [0.25, 0.3) is 5.56 Å². The molecule has 0 spiro atoms. The number of aromatic nitrogens is 2. The van der Waals surface area contributed by atoms with Crippen LogP contribution in [0.3, 0.4) is 0 Å². The summed E-state index contributed by atoms with van der Waals surface area (Å²) in [5.41, 5.74) is 1.17. The van der Waals surface area contributed by atoms with Crippen LogP contribution in [0.15, 0.2) is 9.95 Å². The summed E-state index contributed by atoms with van der Waals surface area (Å²) in [7, 11) is 0. The zero-order chi connectivity index (χ0) is 17.4. The standard InChI is InChI=1S/C17H29N3O2S/c1-11(2)7-6-8-12(3)18-15(21)10-9-14-13(4)19-17(23-5)20-16(14)22/h11-12H,6-10H2,1-5H3,(H,18,21)(H,19,20,22). The van der Waals surface area contributed by atoms with E-state index in [0.29, 0.717) is 35.2 Å². The summed E-state index contributed by atoms with van der Waals surface area (Å²) in [4.78, 5) is 31.1. The maximum absolute atomic E-state index is 12.0. The van der Waals surface area contributed by atoms with Crippen molar-refractivity contribution in [1.29, 1.82) is 0 Å². The second-order valence-corrected chi connectivity index (χ2v) is 7.23. The Morgan fingerprint density at radius 2 is 2.00 bits per heavy atom. The Balaban J connectivity index is 2.46. The second kappa shape index (κ2) is 9.75. The van der Waals surface area contributed by atoms with Crippen molar-refractivity contribution in [1.82, 2.24) is 15.3 Å². The molecule has 5 nitrogen and oxygen atoms in total. The average Bonchev–Trinajstić information content (AvgIpc) is 2.45. The molecule has 1 unspecified atom stereocenters. The van der Waals surface area contributed by atoms with E-state index in [1.807, 2.05) is 20.1 Å². The number of hydrogen-bond donors (Lipinski definition) is 2. The minimum absolute atomic E-state index is 0.00482. The van der Waals surface area contributed by atoms with E-state index in [9.17, 15) is 9.59 Å². The van der Waals surface area contributed by atoms with E-state index in [-0.39, 0.29) is 17.5 Å². The number of thioether (sulfide) groups is 1. The fourth-order valence-corrected chi connectivity index (χ4v) is 2.89. The molecule has 0 fully saturated rings. The van der Waals surface area contributed by atoms with Gasteiger partial charge >= 0.3 is 0 Å². The SMILES string of the molecule is CSc1nc(C)c(CCC(=O)NC(C)CCCC(C)C)c(=O)[nH]1. The first kappa shape index (κ1) is 19.7. The molecule has 1 aromatic heterocycles. The van der Waals surface area contributed by atoms with Crippen LogP contribution in [0.25, 0.3) is 0 Å². The van der Waals surface area contributed by atoms with Crippen LogP contribution in [0.1, 0.15) is 57.7 Å². The topological polar surface area (TPSA) is 74.8 Å². The summed E-state index contributed by atoms with van der Waals surface area (Å²) in [5, 5.41) is 3.62. The highest BCUT2D eigenvalue weighted by Gasteiger charge is 2.12. The summed E-state index contributed by atoms with van der Waals surface area (Å²) in [5.74, 6) is 0.694. The molecule has 0 saturated carbocycles. The highest BCUT2D eigenvalue weighted by molar-refractivity contribution is 7.98. The third-order valence-electron chi connectivity index (χ3n) is 3.82. The van der Waals surface area contributed by atoms with Crippen molar-refractivity contribution >= 4 is 17.7 Å². The molecule has 1 amide bonds. The molecule has 1 aromatic rings. The summed E-state index contributed by atoms with van der Waals surface area (Å²) in [6.45, 7) is 8.26. The quantitative estimate of drug-likeness (QED) is 0.535. The van der Waals surface area contributed by atoms with Crippen molar-refractivity contribution in [3.8, 4) is 0 Å². The molecule has 0 radical (unpaired) electrons. The molecule has 0 aliphatic rings. The monoisotopic (exact) mass is 339 g/mol. The summed E-state index contributed by atoms with van der Waals surface area (Å²) < 4.78 is 0. The van der Waals surface area contributed by atoms with Crippen molar-refractivity contribution in [3.63, 3.8) is 0 Å². The van der Waals surface area contributed by atoms with Gasteiger partial charge < -0.3 is 10.3 Å². The Hall–Kier alpha value is -1.30. The maximum atomic E-state index is 12.0. The van der Waals surface area contributed by atoms with Gasteiger partial charge in [0, 0.05) is 23.7 Å². The van der Waals surface area contributed by atoms with Gasteiger partial charge in [-0.2, -0.15) is 0 Å². The number of nitrogens with zero attached hydrogens (tertiary/aromatic N) is 1. The summed E-state index contributed by atoms with van der Waals surface area (Å²) in [6, 6.07) is 0.178. The Kier molecular flexibility index (Phi) is 8.37. The first-order valence-electron chi connectivity index (χ1n) is 8.26. The fraction of sp³-hybridized carbons (Fsp3) is 0.706. The van der Waals surface area contributed by atoms with Gasteiger partial charge in [-0.15, -0.1) is 0 Å². The summed E-state index contributed by atoms with van der Waals surface area (Å²) in [6.07, 6.45) is 5.91. The molecule has 6 heteroatoms. The number of amides is 1. The van der Waals surface area contributed by atoms with Crippen LogP contribution in [0.2, 0.25) is 0 Å². The van der Waals surface area contributed by atoms with Gasteiger partial charge in [-0.1, -0.05) is 38.5 Å². The number of carbonyl (C=O) groups is 1. The summed E-state index contributed by atoms with van der Waals surface area (Å²) >= 11 is 1.40. The molecule has 0 aromatic carbocycles. The van der Waals surface area contributed by atoms with E-state index in [4.69, 9.17) is 0 Å². The van der Waals surface area contributed by atoms with Gasteiger partial charge in [-0.05, 0) is 38.9 Å². The lowest BCUT2D eigenvalue weighted by Gasteiger charge is -2.14. The third kappa shape index (κ3) is 7.20. The molecule has 0 aliphatic carbocycles. The van der Waals surface area contributed by atoms with E-state index < -0.39 is 0 Å². The zero-order valence-corrected chi connectivity index (χ0v) is 15.7. The Labute approximate surface area is 143 Å². The van der Waals surface area contributed by atoms with Crippen LogP contribution in [0, 0.1) is 12.8 Å². The number of aryl methyl sites for hydroxylation is 1. The predicted molar refractivity (Wildman–Crippen MR) is 96.0 cm³/mol. The lowest BCUT2D eigenvalue weighted by Crippen LogP contribution is -2.33. The van der Waals surface area contributed by atoms with Crippen molar-refractivity contribution in [2.75, 3.05) is 6.26 Å². The molecule has 2 N–H and O–H groups in total. The van der Waals surface area contributed by atoms with Crippen LogP contribution < -0.4 is 10.9 Å². The molecular formula is C17H29N3O2S. The number of aromatic amines is 1. The molecule has 1 atom stereocenters. The number of rotatable bonds is 9. The number of H-pyrrole nitrogens is 1. The molecule has 1 rings (SSSR count). The second-order valence-electron chi connectivity index (χ2n) is 6.43. The van der Waals surface area contributed by atoms with E-state index in [1.54, 1.807) is 0 Å². The van der Waals surface area contributed by atoms with Gasteiger partial charge in [0.05, 0.1) is 0 Å². The van der Waals surface area contributed by atoms with Crippen LogP contribution >= 0.6 is 11.8 Å². The minimum atomic E-state index is -0.139. The Bertz CT molecular complexity index is 569. The van der Waals surface area contributed by atoms with E-state index in [1.165, 1.54) is 18.2 Å².